The van der Waals surface area contributed by atoms with Crippen molar-refractivity contribution in [2.45, 2.75) is 138 Å². The van der Waals surface area contributed by atoms with Crippen molar-refractivity contribution in [1.82, 2.24) is 0 Å². The van der Waals surface area contributed by atoms with E-state index in [1.165, 1.54) is 35.9 Å². The molecule has 23 nitrogen and oxygen atoms in total. The van der Waals surface area contributed by atoms with E-state index in [1.807, 2.05) is 55.4 Å². The van der Waals surface area contributed by atoms with Crippen molar-refractivity contribution < 1.29 is 109 Å². The Morgan fingerprint density at radius 1 is 0.455 bits per heavy atom. The maximum absolute atomic E-state index is 11.3. The van der Waals surface area contributed by atoms with Gasteiger partial charge in [0.2, 0.25) is 0 Å². The third-order valence-corrected chi connectivity index (χ3v) is 29.9. The van der Waals surface area contributed by atoms with Crippen LogP contribution in [0.4, 0.5) is 0 Å². The highest BCUT2D eigenvalue weighted by Gasteiger charge is 2.34. The van der Waals surface area contributed by atoms with E-state index in [2.05, 4.69) is 89.6 Å². The Kier molecular flexibility index (Phi) is 46.1. The molecule has 10 fully saturated rings. The second kappa shape index (κ2) is 47.1. The zero-order chi connectivity index (χ0) is 66.3. The largest absolute Gasteiger partial charge is 0.479 e. The van der Waals surface area contributed by atoms with Crippen LogP contribution >= 0.6 is 23.5 Å². The number of thioether (sulfide) groups is 2. The highest BCUT2D eigenvalue weighted by Crippen LogP contribution is 2.23. The fourth-order valence-corrected chi connectivity index (χ4v) is 22.7. The average Bonchev–Trinajstić information content (AvgIpc) is 2.24. The molecular weight excluding hydrogens is 1290 g/mol. The monoisotopic (exact) mass is 1410 g/mol. The summed E-state index contributed by atoms with van der Waals surface area (Å²) < 4.78 is 131. The van der Waals surface area contributed by atoms with Gasteiger partial charge in [-0.1, -0.05) is 6.42 Å². The minimum Gasteiger partial charge on any atom is -0.479 e. The molecule has 0 radical (unpaired) electrons. The van der Waals surface area contributed by atoms with E-state index in [0.717, 1.165) is 127 Å². The van der Waals surface area contributed by atoms with E-state index in [-0.39, 0.29) is 16.9 Å². The Hall–Kier alpha value is 0.120. The van der Waals surface area contributed by atoms with E-state index in [0.29, 0.717) is 94.2 Å². The van der Waals surface area contributed by atoms with Gasteiger partial charge in [0, 0.05) is 83.7 Å². The quantitative estimate of drug-likeness (QED) is 0.0723. The number of nitrogens with two attached hydrogens (primary N) is 10. The first-order valence-electron chi connectivity index (χ1n) is 31.4. The van der Waals surface area contributed by atoms with Gasteiger partial charge >= 0.3 is 0 Å². The summed E-state index contributed by atoms with van der Waals surface area (Å²) in [6.07, 6.45) is 11.8. The van der Waals surface area contributed by atoms with Crippen LogP contribution in [0.15, 0.2) is 0 Å². The Balaban J connectivity index is 0.000000491. The molecule has 0 aliphatic carbocycles. The van der Waals surface area contributed by atoms with E-state index < -0.39 is 60.0 Å². The molecule has 528 valence electrons. The lowest BCUT2D eigenvalue weighted by Gasteiger charge is -2.24. The molecule has 20 N–H and O–H groups in total. The molecule has 0 spiro atoms. The van der Waals surface area contributed by atoms with Gasteiger partial charge in [-0.3, -0.25) is 4.21 Å². The van der Waals surface area contributed by atoms with Crippen LogP contribution in [0.5, 0.6) is 0 Å². The summed E-state index contributed by atoms with van der Waals surface area (Å²) in [4.78, 5) is 0. The number of ether oxygens (including phenoxy) is 2. The van der Waals surface area contributed by atoms with Crippen LogP contribution in [0.1, 0.15) is 90.9 Å². The van der Waals surface area contributed by atoms with Gasteiger partial charge in [-0.15, -0.1) is 11.8 Å². The Labute approximate surface area is 547 Å². The second-order valence-corrected chi connectivity index (χ2v) is 39.9. The lowest BCUT2D eigenvalue weighted by Crippen LogP contribution is -2.87. The van der Waals surface area contributed by atoms with E-state index in [9.17, 15) is 46.3 Å². The molecule has 0 bridgehead atoms. The van der Waals surface area contributed by atoms with E-state index in [4.69, 9.17) is 9.47 Å². The zero-order valence-corrected chi connectivity index (χ0v) is 60.3. The normalized spacial score (nSPS) is 30.0. The van der Waals surface area contributed by atoms with Crippen molar-refractivity contribution >= 4 is 83.5 Å². The third-order valence-electron chi connectivity index (χ3n) is 16.3. The molecule has 10 heterocycles. The third kappa shape index (κ3) is 41.2. The molecule has 10 aliphatic rings. The van der Waals surface area contributed by atoms with Crippen LogP contribution in [0.3, 0.4) is 0 Å². The maximum Gasteiger partial charge on any atom is 0.158 e. The van der Waals surface area contributed by atoms with Crippen LogP contribution in [-0.2, 0) is 69.5 Å². The van der Waals surface area contributed by atoms with Gasteiger partial charge < -0.3 is 62.6 Å². The van der Waals surface area contributed by atoms with Crippen LogP contribution in [-0.4, -0.2) is 226 Å². The predicted molar refractivity (Wildman–Crippen MR) is 356 cm³/mol. The van der Waals surface area contributed by atoms with E-state index in [1.54, 1.807) is 16.0 Å². The van der Waals surface area contributed by atoms with Gasteiger partial charge in [0.15, 0.2) is 39.3 Å². The minimum absolute atomic E-state index is 0.0961. The molecular formula is C57H124N10O13S8. The number of hydrogen-bond acceptors (Lipinski definition) is 15. The van der Waals surface area contributed by atoms with Gasteiger partial charge in [-0.25, -0.2) is 42.1 Å². The summed E-state index contributed by atoms with van der Waals surface area (Å²) in [5.74, 6) is 11.6. The maximum atomic E-state index is 11.3. The van der Waals surface area contributed by atoms with Crippen molar-refractivity contribution in [3.05, 3.63) is 70.5 Å². The molecule has 0 aromatic carbocycles. The molecule has 8 unspecified atom stereocenters. The van der Waals surface area contributed by atoms with Gasteiger partial charge in [0.25, 0.3) is 0 Å². The number of sulfone groups is 5. The fourth-order valence-electron chi connectivity index (χ4n) is 10.4. The van der Waals surface area contributed by atoms with Gasteiger partial charge in [0.05, 0.1) is 145 Å². The highest BCUT2D eigenvalue weighted by atomic mass is 32.2. The average molecular weight is 1410 g/mol. The summed E-state index contributed by atoms with van der Waals surface area (Å²) in [6, 6.07) is 3.64. The van der Waals surface area contributed by atoms with Gasteiger partial charge in [0.1, 0.15) is 15.1 Å². The molecule has 10 rings (SSSR count). The summed E-state index contributed by atoms with van der Waals surface area (Å²) in [6.45, 7) is 10.2. The predicted octanol–water partition coefficient (Wildman–Crippen LogP) is -8.24. The number of quaternary nitrogens is 10. The van der Waals surface area contributed by atoms with E-state index >= 15 is 0 Å². The van der Waals surface area contributed by atoms with Crippen molar-refractivity contribution in [2.75, 3.05) is 132 Å². The van der Waals surface area contributed by atoms with Crippen LogP contribution in [0.2, 0.25) is 0 Å². The molecule has 88 heavy (non-hydrogen) atoms. The fraction of sp³-hybridized carbons (Fsp3) is 0.825. The van der Waals surface area contributed by atoms with Crippen LogP contribution in [0.25, 0.3) is 0 Å². The molecule has 31 heteroatoms. The van der Waals surface area contributed by atoms with Crippen LogP contribution in [0, 0.1) is 88.2 Å². The SMILES string of the molecule is [CH2-][NH2+]C1CCOC1.[CH2-][NH2+]C1CCS(=O)(=O)C1.[CH2-][NH2+]C1CCS(=O)C1.[CH2-][NH2+]C1CCSC1.[CH2-][NH2+]C1COC(C)(C)C1.[CH2-][NH2+]C1CSC1.[CH2-][NH2+]CC1CCCCS1(=O)=O.[CH2-][NH2+]CC1CCCS(=O)(=O)C1.[CH2-][NH2+]CC1CCS(=O)(=O)CC1.[CH2-][NH2+]CC1CS(=O)(=O)C1. The zero-order valence-electron chi connectivity index (χ0n) is 53.7. The van der Waals surface area contributed by atoms with Gasteiger partial charge in [-0.05, 0) is 58.1 Å². The first-order valence-corrected chi connectivity index (χ1v) is 44.2. The van der Waals surface area contributed by atoms with Crippen LogP contribution < -0.4 is 53.2 Å². The lowest BCUT2D eigenvalue weighted by molar-refractivity contribution is -0.631. The summed E-state index contributed by atoms with van der Waals surface area (Å²) in [5, 5.41) is 18.7. The standard InChI is InChI=1S/3C7H15NO2S.C7H15NO.2C5H11NO2S.C5H11NOS.C5H11NO.C5H11NS.C4H9NS/c1-8-6-7-2-4-11(9,10)5-3-7;1-8-5-7-3-2-4-11(9,10)6-7;1-8-6-7-4-2-3-5-11(7,9)10;1-7(2)4-6(8-3)5-9-7;1-6-2-5-3-9(7,8)4-5;1-6-5-2-3-9(7,8)4-5;1-6-5-2-3-8(7)4-5;2*1-6-5-2-3-7-4-5;1-5-4-2-6-3-4/h3*7H,1-6,8H2;6H,3-5,8H2,1-2H3;2*5H,1-4,6H2;5H,1-4,6H2;2*5H,1-4,6H2;4H,1-3,5H2. The van der Waals surface area contributed by atoms with Crippen molar-refractivity contribution in [3.8, 4) is 0 Å². The number of hydrogen-bond donors (Lipinski definition) is 10. The van der Waals surface area contributed by atoms with Crippen molar-refractivity contribution in [3.63, 3.8) is 0 Å². The first-order chi connectivity index (χ1) is 41.5. The molecule has 0 aromatic rings. The summed E-state index contributed by atoms with van der Waals surface area (Å²) in [5.41, 5.74) is 0.0961. The summed E-state index contributed by atoms with van der Waals surface area (Å²) in [7, 11) is 22.4. The summed E-state index contributed by atoms with van der Waals surface area (Å²) >= 11 is 4.03. The van der Waals surface area contributed by atoms with Gasteiger partial charge in [-0.2, -0.15) is 82.2 Å². The second-order valence-electron chi connectivity index (χ2n) is 24.8. The van der Waals surface area contributed by atoms with Crippen molar-refractivity contribution in [1.29, 1.82) is 0 Å². The Morgan fingerprint density at radius 3 is 1.33 bits per heavy atom. The molecule has 0 aromatic heterocycles. The molecule has 0 amide bonds. The Morgan fingerprint density at radius 2 is 0.989 bits per heavy atom. The molecule has 10 saturated heterocycles. The number of rotatable bonds is 14. The molecule has 10 aliphatic heterocycles. The topological polar surface area (TPSA) is 372 Å². The van der Waals surface area contributed by atoms with Crippen molar-refractivity contribution in [2.24, 2.45) is 17.8 Å². The first kappa shape index (κ1) is 86.1. The molecule has 0 saturated carbocycles. The smallest absolute Gasteiger partial charge is 0.158 e. The lowest BCUT2D eigenvalue weighted by atomic mass is 10.0. The minimum atomic E-state index is -2.76. The highest BCUT2D eigenvalue weighted by molar-refractivity contribution is 8.00. The Bertz CT molecular complexity index is 2360. The molecule has 8 atom stereocenters.